The number of hydrogen-bond donors (Lipinski definition) is 1. The molecule has 0 bridgehead atoms. The Bertz CT molecular complexity index is 688. The molecule has 4 rings (SSSR count). The number of allylic oxidation sites excluding steroid dienone is 1. The normalized spacial score (nSPS) is 52.3. The van der Waals surface area contributed by atoms with Crippen molar-refractivity contribution in [2.24, 2.45) is 46.8 Å². The standard InChI is InChI=1S/C25H38O3/c1-8-25(26)17(4)12-20-22-15(2)11-18-14-24(27-6,28-7)10-9-19(18)21(22)16(3)13-23(20,25)5/h1,15,17-22,26H,3,9-14H2,2,4-7H3/t15?,17-,18?,19?,20?,21?,22?,23+,25+/m1/s1. The summed E-state index contributed by atoms with van der Waals surface area (Å²) in [6.07, 6.45) is 12.1. The first-order valence-electron chi connectivity index (χ1n) is 11.1. The maximum atomic E-state index is 11.5. The van der Waals surface area contributed by atoms with Gasteiger partial charge in [0.05, 0.1) is 0 Å². The van der Waals surface area contributed by atoms with E-state index in [1.54, 1.807) is 14.2 Å². The molecule has 4 saturated carbocycles. The lowest BCUT2D eigenvalue weighted by molar-refractivity contribution is -0.248. The monoisotopic (exact) mass is 386 g/mol. The summed E-state index contributed by atoms with van der Waals surface area (Å²) in [5, 5.41) is 11.5. The van der Waals surface area contributed by atoms with Crippen LogP contribution < -0.4 is 0 Å². The molecule has 3 nitrogen and oxygen atoms in total. The van der Waals surface area contributed by atoms with Gasteiger partial charge >= 0.3 is 0 Å². The Balaban J connectivity index is 1.68. The molecular weight excluding hydrogens is 348 g/mol. The minimum Gasteiger partial charge on any atom is -0.377 e. The zero-order valence-corrected chi connectivity index (χ0v) is 18.3. The van der Waals surface area contributed by atoms with Gasteiger partial charge in [-0.25, -0.2) is 0 Å². The predicted octanol–water partition coefficient (Wildman–Crippen LogP) is 4.65. The van der Waals surface area contributed by atoms with Crippen molar-refractivity contribution in [3.8, 4) is 12.3 Å². The molecule has 0 aromatic rings. The van der Waals surface area contributed by atoms with Gasteiger partial charge in [0.25, 0.3) is 0 Å². The van der Waals surface area contributed by atoms with Gasteiger partial charge in [0.15, 0.2) is 5.79 Å². The summed E-state index contributed by atoms with van der Waals surface area (Å²) in [7, 11) is 3.56. The van der Waals surface area contributed by atoms with Crippen molar-refractivity contribution >= 4 is 0 Å². The van der Waals surface area contributed by atoms with Crippen LogP contribution in [0.3, 0.4) is 0 Å². The molecule has 0 spiro atoms. The number of methoxy groups -OCH3 is 2. The van der Waals surface area contributed by atoms with Crippen LogP contribution in [0, 0.1) is 59.2 Å². The third kappa shape index (κ3) is 2.47. The third-order valence-corrected chi connectivity index (χ3v) is 9.75. The molecule has 4 aliphatic carbocycles. The van der Waals surface area contributed by atoms with Crippen LogP contribution in [0.5, 0.6) is 0 Å². The Hall–Kier alpha value is -0.820. The van der Waals surface area contributed by atoms with Crippen molar-refractivity contribution in [1.29, 1.82) is 0 Å². The summed E-state index contributed by atoms with van der Waals surface area (Å²) in [5.74, 6) is 6.04. The second-order valence-corrected chi connectivity index (χ2v) is 10.7. The molecule has 1 N–H and O–H groups in total. The van der Waals surface area contributed by atoms with E-state index < -0.39 is 11.4 Å². The lowest BCUT2D eigenvalue weighted by atomic mass is 9.45. The topological polar surface area (TPSA) is 38.7 Å². The molecular formula is C25H38O3. The summed E-state index contributed by atoms with van der Waals surface area (Å²) in [5.41, 5.74) is 0.0592. The van der Waals surface area contributed by atoms with Gasteiger partial charge < -0.3 is 14.6 Å². The molecule has 6 unspecified atom stereocenters. The molecule has 28 heavy (non-hydrogen) atoms. The molecule has 4 fully saturated rings. The van der Waals surface area contributed by atoms with E-state index in [9.17, 15) is 5.11 Å². The number of fused-ring (bicyclic) bond motifs is 5. The molecule has 156 valence electrons. The highest BCUT2D eigenvalue weighted by molar-refractivity contribution is 5.31. The van der Waals surface area contributed by atoms with Crippen LogP contribution in [0.4, 0.5) is 0 Å². The number of hydrogen-bond acceptors (Lipinski definition) is 3. The molecule has 0 heterocycles. The summed E-state index contributed by atoms with van der Waals surface area (Å²) in [4.78, 5) is 0. The fourth-order valence-electron chi connectivity index (χ4n) is 8.36. The molecule has 4 aliphatic rings. The average molecular weight is 387 g/mol. The van der Waals surface area contributed by atoms with Crippen molar-refractivity contribution in [3.05, 3.63) is 12.2 Å². The Labute approximate surface area is 171 Å². The first-order valence-corrected chi connectivity index (χ1v) is 11.1. The fraction of sp³-hybridized carbons (Fsp3) is 0.840. The highest BCUT2D eigenvalue weighted by Crippen LogP contribution is 2.68. The molecule has 0 amide bonds. The van der Waals surface area contributed by atoms with Crippen molar-refractivity contribution < 1.29 is 14.6 Å². The lowest BCUT2D eigenvalue weighted by Gasteiger charge is -2.60. The van der Waals surface area contributed by atoms with Gasteiger partial charge in [0.2, 0.25) is 0 Å². The molecule has 0 aromatic carbocycles. The van der Waals surface area contributed by atoms with Crippen LogP contribution >= 0.6 is 0 Å². The third-order valence-electron chi connectivity index (χ3n) is 9.75. The highest BCUT2D eigenvalue weighted by atomic mass is 16.7. The Kier molecular flexibility index (Phi) is 4.82. The van der Waals surface area contributed by atoms with Gasteiger partial charge in [0.1, 0.15) is 5.60 Å². The van der Waals surface area contributed by atoms with Gasteiger partial charge in [-0.3, -0.25) is 0 Å². The molecule has 0 aromatic heterocycles. The van der Waals surface area contributed by atoms with Crippen molar-refractivity contribution in [2.45, 2.75) is 70.7 Å². The van der Waals surface area contributed by atoms with Crippen LogP contribution in [0.25, 0.3) is 0 Å². The fourth-order valence-corrected chi connectivity index (χ4v) is 8.36. The van der Waals surface area contributed by atoms with E-state index in [1.165, 1.54) is 12.0 Å². The number of rotatable bonds is 2. The van der Waals surface area contributed by atoms with Gasteiger partial charge in [-0.2, -0.15) is 0 Å². The first-order chi connectivity index (χ1) is 13.2. The van der Waals surface area contributed by atoms with E-state index >= 15 is 0 Å². The van der Waals surface area contributed by atoms with E-state index in [1.807, 2.05) is 0 Å². The molecule has 3 heteroatoms. The van der Waals surface area contributed by atoms with Crippen molar-refractivity contribution in [2.75, 3.05) is 14.2 Å². The van der Waals surface area contributed by atoms with E-state index in [0.717, 1.165) is 32.1 Å². The van der Waals surface area contributed by atoms with Gasteiger partial charge in [-0.05, 0) is 67.1 Å². The van der Waals surface area contributed by atoms with Crippen LogP contribution in [-0.2, 0) is 9.47 Å². The van der Waals surface area contributed by atoms with Crippen LogP contribution in [0.1, 0.15) is 59.3 Å². The van der Waals surface area contributed by atoms with Gasteiger partial charge in [-0.1, -0.05) is 38.8 Å². The van der Waals surface area contributed by atoms with Crippen LogP contribution in [0.2, 0.25) is 0 Å². The molecule has 0 saturated heterocycles. The van der Waals surface area contributed by atoms with E-state index in [-0.39, 0.29) is 11.3 Å². The van der Waals surface area contributed by atoms with Crippen molar-refractivity contribution in [1.82, 2.24) is 0 Å². The average Bonchev–Trinajstić information content (AvgIpc) is 2.87. The maximum Gasteiger partial charge on any atom is 0.167 e. The summed E-state index contributed by atoms with van der Waals surface area (Å²) in [6.45, 7) is 11.4. The first kappa shape index (κ1) is 20.5. The second kappa shape index (κ2) is 6.59. The zero-order valence-electron chi connectivity index (χ0n) is 18.3. The maximum absolute atomic E-state index is 11.5. The Morgan fingerprint density at radius 3 is 2.50 bits per heavy atom. The second-order valence-electron chi connectivity index (χ2n) is 10.7. The number of aliphatic hydroxyl groups is 1. The Morgan fingerprint density at radius 2 is 1.89 bits per heavy atom. The largest absolute Gasteiger partial charge is 0.377 e. The Morgan fingerprint density at radius 1 is 1.21 bits per heavy atom. The minimum atomic E-state index is -1.02. The highest BCUT2D eigenvalue weighted by Gasteiger charge is 2.67. The summed E-state index contributed by atoms with van der Waals surface area (Å²) in [6, 6.07) is 0. The minimum absolute atomic E-state index is 0.143. The lowest BCUT2D eigenvalue weighted by Crippen LogP contribution is -2.57. The number of ether oxygens (including phenoxy) is 2. The van der Waals surface area contributed by atoms with E-state index in [4.69, 9.17) is 15.9 Å². The number of terminal acetylenes is 1. The smallest absolute Gasteiger partial charge is 0.167 e. The summed E-state index contributed by atoms with van der Waals surface area (Å²) >= 11 is 0. The molecule has 0 radical (unpaired) electrons. The van der Waals surface area contributed by atoms with Crippen molar-refractivity contribution in [3.63, 3.8) is 0 Å². The molecule has 0 aliphatic heterocycles. The van der Waals surface area contributed by atoms with Crippen LogP contribution in [0.15, 0.2) is 12.2 Å². The van der Waals surface area contributed by atoms with E-state index in [2.05, 4.69) is 33.3 Å². The zero-order chi connectivity index (χ0) is 20.5. The molecule has 9 atom stereocenters. The van der Waals surface area contributed by atoms with Crippen LogP contribution in [-0.4, -0.2) is 30.7 Å². The summed E-state index contributed by atoms with van der Waals surface area (Å²) < 4.78 is 11.6. The van der Waals surface area contributed by atoms with Gasteiger partial charge in [0, 0.05) is 32.5 Å². The SMILES string of the molecule is C#C[C@]1(O)[C@H](C)CC2C3C(C)CC4CC(OC)(OC)CCC4C3C(=C)C[C@@]21C. The van der Waals surface area contributed by atoms with Gasteiger partial charge in [-0.15, -0.1) is 6.42 Å². The van der Waals surface area contributed by atoms with E-state index in [0.29, 0.717) is 35.5 Å². The predicted molar refractivity (Wildman–Crippen MR) is 111 cm³/mol. The quantitative estimate of drug-likeness (QED) is 0.426.